The third-order valence-corrected chi connectivity index (χ3v) is 3.22. The second kappa shape index (κ2) is 4.93. The highest BCUT2D eigenvalue weighted by atomic mass is 16.6. The number of aliphatic hydroxyl groups is 1. The topological polar surface area (TPSA) is 134 Å². The first-order valence-corrected chi connectivity index (χ1v) is 5.96. The average molecular weight is 276 g/mol. The van der Waals surface area contributed by atoms with Gasteiger partial charge in [0, 0.05) is 12.0 Å². The van der Waals surface area contributed by atoms with Crippen LogP contribution in [0.2, 0.25) is 0 Å². The van der Waals surface area contributed by atoms with Crippen LogP contribution >= 0.6 is 0 Å². The molecule has 1 aliphatic rings. The molecule has 2 N–H and O–H groups in total. The van der Waals surface area contributed by atoms with Gasteiger partial charge in [-0.15, -0.1) is 0 Å². The van der Waals surface area contributed by atoms with Gasteiger partial charge in [0.1, 0.15) is 24.1 Å². The Kier molecular flexibility index (Phi) is 3.11. The SMILES string of the molecule is CNc1ncnc2c1ncn2C1OC(CO)C1N=[N+]=[N-]. The molecule has 20 heavy (non-hydrogen) atoms. The molecular weight excluding hydrogens is 264 g/mol. The monoisotopic (exact) mass is 276 g/mol. The fraction of sp³-hybridized carbons (Fsp3) is 0.500. The van der Waals surface area contributed by atoms with E-state index < -0.39 is 18.4 Å². The zero-order chi connectivity index (χ0) is 14.1. The maximum atomic E-state index is 9.13. The van der Waals surface area contributed by atoms with Crippen LogP contribution in [0.15, 0.2) is 17.8 Å². The number of nitrogens with zero attached hydrogens (tertiary/aromatic N) is 7. The Labute approximate surface area is 113 Å². The van der Waals surface area contributed by atoms with Gasteiger partial charge in [0.15, 0.2) is 11.5 Å². The van der Waals surface area contributed by atoms with Crippen LogP contribution in [0, 0.1) is 0 Å². The van der Waals surface area contributed by atoms with E-state index in [1.807, 2.05) is 0 Å². The van der Waals surface area contributed by atoms with Gasteiger partial charge in [-0.1, -0.05) is 5.11 Å². The highest BCUT2D eigenvalue weighted by Crippen LogP contribution is 2.35. The lowest BCUT2D eigenvalue weighted by Crippen LogP contribution is -2.50. The lowest BCUT2D eigenvalue weighted by molar-refractivity contribution is -0.196. The van der Waals surface area contributed by atoms with Gasteiger partial charge < -0.3 is 15.2 Å². The molecule has 104 valence electrons. The Morgan fingerprint density at radius 1 is 1.55 bits per heavy atom. The zero-order valence-corrected chi connectivity index (χ0v) is 10.6. The van der Waals surface area contributed by atoms with Crippen LogP contribution in [0.1, 0.15) is 6.23 Å². The summed E-state index contributed by atoms with van der Waals surface area (Å²) in [6.07, 6.45) is 1.95. The van der Waals surface area contributed by atoms with E-state index in [1.54, 1.807) is 17.9 Å². The summed E-state index contributed by atoms with van der Waals surface area (Å²) in [6, 6.07) is -0.490. The normalized spacial score (nSPS) is 25.0. The van der Waals surface area contributed by atoms with Crippen molar-refractivity contribution >= 4 is 17.0 Å². The van der Waals surface area contributed by atoms with Crippen molar-refractivity contribution in [2.24, 2.45) is 5.11 Å². The molecule has 0 radical (unpaired) electrons. The number of aromatic nitrogens is 4. The molecule has 0 spiro atoms. The van der Waals surface area contributed by atoms with E-state index in [4.69, 9.17) is 15.4 Å². The van der Waals surface area contributed by atoms with Crippen molar-refractivity contribution in [3.05, 3.63) is 23.1 Å². The van der Waals surface area contributed by atoms with Gasteiger partial charge in [-0.25, -0.2) is 15.0 Å². The van der Waals surface area contributed by atoms with Crippen molar-refractivity contribution in [2.75, 3.05) is 19.0 Å². The molecule has 2 aromatic heterocycles. The fourth-order valence-corrected chi connectivity index (χ4v) is 2.23. The smallest absolute Gasteiger partial charge is 0.167 e. The fourth-order valence-electron chi connectivity index (χ4n) is 2.23. The lowest BCUT2D eigenvalue weighted by atomic mass is 10.1. The Balaban J connectivity index is 2.01. The molecule has 10 nitrogen and oxygen atoms in total. The number of aliphatic hydroxyl groups excluding tert-OH is 1. The van der Waals surface area contributed by atoms with E-state index >= 15 is 0 Å². The molecule has 0 aliphatic carbocycles. The third-order valence-electron chi connectivity index (χ3n) is 3.22. The highest BCUT2D eigenvalue weighted by Gasteiger charge is 2.43. The number of anilines is 1. The molecule has 0 amide bonds. The van der Waals surface area contributed by atoms with E-state index in [0.29, 0.717) is 17.0 Å². The summed E-state index contributed by atoms with van der Waals surface area (Å²) in [7, 11) is 1.74. The first-order valence-electron chi connectivity index (χ1n) is 5.96. The largest absolute Gasteiger partial charge is 0.394 e. The number of ether oxygens (including phenoxy) is 1. The molecule has 10 heteroatoms. The van der Waals surface area contributed by atoms with E-state index in [2.05, 4.69) is 30.3 Å². The van der Waals surface area contributed by atoms with Crippen LogP contribution in [-0.4, -0.2) is 50.4 Å². The van der Waals surface area contributed by atoms with Crippen molar-refractivity contribution < 1.29 is 9.84 Å². The Morgan fingerprint density at radius 3 is 3.10 bits per heavy atom. The number of hydrogen-bond donors (Lipinski definition) is 2. The van der Waals surface area contributed by atoms with Crippen LogP contribution in [0.25, 0.3) is 21.6 Å². The predicted octanol–water partition coefficient (Wildman–Crippen LogP) is 0.437. The van der Waals surface area contributed by atoms with Gasteiger partial charge in [0.2, 0.25) is 0 Å². The summed E-state index contributed by atoms with van der Waals surface area (Å²) in [4.78, 5) is 15.3. The Morgan fingerprint density at radius 2 is 2.40 bits per heavy atom. The van der Waals surface area contributed by atoms with Crippen molar-refractivity contribution in [2.45, 2.75) is 18.4 Å². The van der Waals surface area contributed by atoms with E-state index in [9.17, 15) is 0 Å². The first kappa shape index (κ1) is 12.6. The number of hydrogen-bond acceptors (Lipinski definition) is 7. The third kappa shape index (κ3) is 1.74. The number of fused-ring (bicyclic) bond motifs is 1. The second-order valence-corrected chi connectivity index (χ2v) is 4.24. The van der Waals surface area contributed by atoms with Crippen molar-refractivity contribution in [1.29, 1.82) is 0 Å². The van der Waals surface area contributed by atoms with Crippen molar-refractivity contribution in [3.8, 4) is 0 Å². The molecule has 3 rings (SSSR count). The molecule has 0 saturated carbocycles. The maximum Gasteiger partial charge on any atom is 0.167 e. The van der Waals surface area contributed by atoms with E-state index in [0.717, 1.165) is 0 Å². The molecule has 1 aliphatic heterocycles. The minimum absolute atomic E-state index is 0.205. The summed E-state index contributed by atoms with van der Waals surface area (Å²) in [5, 5.41) is 15.7. The maximum absolute atomic E-state index is 9.13. The average Bonchev–Trinajstić information content (AvgIpc) is 2.88. The van der Waals surface area contributed by atoms with Gasteiger partial charge in [0.05, 0.1) is 19.0 Å². The zero-order valence-electron chi connectivity index (χ0n) is 10.6. The van der Waals surface area contributed by atoms with Crippen LogP contribution in [0.5, 0.6) is 0 Å². The molecule has 0 aromatic carbocycles. The molecule has 1 fully saturated rings. The first-order chi connectivity index (χ1) is 9.80. The Bertz CT molecular complexity index is 679. The molecule has 2 aromatic rings. The summed E-state index contributed by atoms with van der Waals surface area (Å²) in [5.74, 6) is 0.604. The van der Waals surface area contributed by atoms with Crippen molar-refractivity contribution in [1.82, 2.24) is 19.5 Å². The van der Waals surface area contributed by atoms with Crippen molar-refractivity contribution in [3.63, 3.8) is 0 Å². The van der Waals surface area contributed by atoms with Crippen LogP contribution in [0.3, 0.4) is 0 Å². The van der Waals surface area contributed by atoms with Gasteiger partial charge in [-0.3, -0.25) is 4.57 Å². The quantitative estimate of drug-likeness (QED) is 0.472. The minimum Gasteiger partial charge on any atom is -0.394 e. The summed E-state index contributed by atoms with van der Waals surface area (Å²) in [6.45, 7) is -0.205. The van der Waals surface area contributed by atoms with Gasteiger partial charge >= 0.3 is 0 Å². The van der Waals surface area contributed by atoms with E-state index in [-0.39, 0.29) is 6.61 Å². The molecule has 0 bridgehead atoms. The molecule has 1 saturated heterocycles. The molecule has 3 heterocycles. The number of imidazole rings is 1. The lowest BCUT2D eigenvalue weighted by Gasteiger charge is -2.41. The van der Waals surface area contributed by atoms with Gasteiger partial charge in [-0.2, -0.15) is 0 Å². The Hall–Kier alpha value is -2.42. The second-order valence-electron chi connectivity index (χ2n) is 4.24. The minimum atomic E-state index is -0.521. The summed E-state index contributed by atoms with van der Waals surface area (Å²) >= 11 is 0. The highest BCUT2D eigenvalue weighted by molar-refractivity contribution is 5.82. The van der Waals surface area contributed by atoms with Crippen LogP contribution in [0.4, 0.5) is 5.82 Å². The molecular formula is C10H12N8O2. The van der Waals surface area contributed by atoms with Gasteiger partial charge in [-0.05, 0) is 5.53 Å². The van der Waals surface area contributed by atoms with E-state index in [1.165, 1.54) is 6.33 Å². The molecule has 3 unspecified atom stereocenters. The van der Waals surface area contributed by atoms with Gasteiger partial charge in [0.25, 0.3) is 0 Å². The van der Waals surface area contributed by atoms with Crippen LogP contribution < -0.4 is 5.32 Å². The molecule has 3 atom stereocenters. The summed E-state index contributed by atoms with van der Waals surface area (Å²) in [5.41, 5.74) is 9.76. The number of nitrogens with one attached hydrogen (secondary N) is 1. The van der Waals surface area contributed by atoms with Crippen LogP contribution in [-0.2, 0) is 4.74 Å². The number of azide groups is 1. The summed E-state index contributed by atoms with van der Waals surface area (Å²) < 4.78 is 7.18. The standard InChI is InChI=1S/C10H12N8O2/c1-12-8-7-9(14-3-13-8)18(4-15-7)10-6(16-17-11)5(2-19)20-10/h3-6,10,19H,2H2,1H3,(H,12,13,14). The predicted molar refractivity (Wildman–Crippen MR) is 68.8 cm³/mol. The number of rotatable bonds is 4.